The maximum Gasteiger partial charge on any atom is 0.419 e. The summed E-state index contributed by atoms with van der Waals surface area (Å²) in [7, 11) is -0.230. The Bertz CT molecular complexity index is 588. The van der Waals surface area contributed by atoms with Gasteiger partial charge in [0.05, 0.1) is 16.8 Å². The van der Waals surface area contributed by atoms with Crippen molar-refractivity contribution in [1.29, 1.82) is 0 Å². The van der Waals surface area contributed by atoms with E-state index in [-0.39, 0.29) is 6.20 Å². The van der Waals surface area contributed by atoms with Crippen molar-refractivity contribution < 1.29 is 30.4 Å². The fourth-order valence-corrected chi connectivity index (χ4v) is 2.80. The van der Waals surface area contributed by atoms with Crippen molar-refractivity contribution in [3.63, 3.8) is 0 Å². The number of nitrogens with zero attached hydrogens (tertiary/aromatic N) is 1. The van der Waals surface area contributed by atoms with Crippen LogP contribution in [0.4, 0.5) is 22.0 Å². The normalized spacial score (nSPS) is 13.1. The van der Waals surface area contributed by atoms with E-state index in [0.717, 1.165) is 0 Å². The van der Waals surface area contributed by atoms with Gasteiger partial charge in [-0.05, 0) is 0 Å². The third-order valence-corrected chi connectivity index (χ3v) is 3.50. The van der Waals surface area contributed by atoms with Crippen LogP contribution in [0.1, 0.15) is 23.2 Å². The zero-order valence-electron chi connectivity index (χ0n) is 8.88. The minimum atomic E-state index is -5.19. The van der Waals surface area contributed by atoms with Crippen LogP contribution in [0.25, 0.3) is 0 Å². The quantitative estimate of drug-likeness (QED) is 0.684. The van der Waals surface area contributed by atoms with Crippen LogP contribution in [0.15, 0.2) is 11.1 Å². The Hall–Kier alpha value is -1.00. The molecule has 0 aliphatic rings. The molecule has 11 heteroatoms. The summed E-state index contributed by atoms with van der Waals surface area (Å²) in [5, 5.41) is 0. The summed E-state index contributed by atoms with van der Waals surface area (Å²) < 4.78 is 85.7. The van der Waals surface area contributed by atoms with Gasteiger partial charge in [0.1, 0.15) is 4.90 Å². The zero-order valence-corrected chi connectivity index (χ0v) is 10.5. The molecule has 1 rings (SSSR count). The number of hydrogen-bond acceptors (Lipinski definition) is 4. The number of rotatable bonds is 3. The van der Waals surface area contributed by atoms with E-state index >= 15 is 0 Å². The van der Waals surface area contributed by atoms with E-state index in [1.807, 2.05) is 0 Å². The largest absolute Gasteiger partial charge is 0.419 e. The first-order valence-electron chi connectivity index (χ1n) is 4.52. The summed E-state index contributed by atoms with van der Waals surface area (Å²) in [6.45, 7) is -0.656. The number of nitrogens with two attached hydrogens (primary N) is 1. The van der Waals surface area contributed by atoms with Gasteiger partial charge in [-0.2, -0.15) is 13.2 Å². The molecular weight excluding hydrogens is 319 g/mol. The monoisotopic (exact) mass is 324 g/mol. The second kappa shape index (κ2) is 5.17. The number of halogens is 6. The smallest absolute Gasteiger partial charge is 0.325 e. The number of pyridine rings is 1. The second-order valence-corrected chi connectivity index (χ2v) is 5.80. The zero-order chi connectivity index (χ0) is 15.0. The molecule has 0 bridgehead atoms. The average molecular weight is 325 g/mol. The Morgan fingerprint density at radius 2 is 1.89 bits per heavy atom. The van der Waals surface area contributed by atoms with Crippen LogP contribution in [0.5, 0.6) is 0 Å². The standard InChI is InChI=1S/C8H6ClF5N2O2S/c9-19(17,18)6-3(8(12,13)14)2-16-4(1-15)5(6)7(10)11/h2,7H,1,15H2. The molecule has 0 aromatic carbocycles. The van der Waals surface area contributed by atoms with Crippen LogP contribution in [-0.4, -0.2) is 13.4 Å². The van der Waals surface area contributed by atoms with Gasteiger partial charge in [0.2, 0.25) is 0 Å². The summed E-state index contributed by atoms with van der Waals surface area (Å²) in [6.07, 6.45) is -8.60. The van der Waals surface area contributed by atoms with Crippen LogP contribution >= 0.6 is 10.7 Å². The predicted octanol–water partition coefficient (Wildman–Crippen LogP) is 2.42. The van der Waals surface area contributed by atoms with Gasteiger partial charge in [-0.15, -0.1) is 0 Å². The molecule has 0 atom stereocenters. The molecule has 0 saturated carbocycles. The molecule has 19 heavy (non-hydrogen) atoms. The van der Waals surface area contributed by atoms with E-state index in [2.05, 4.69) is 4.98 Å². The van der Waals surface area contributed by atoms with Gasteiger partial charge < -0.3 is 5.73 Å². The molecule has 0 aliphatic carbocycles. The SMILES string of the molecule is NCc1ncc(C(F)(F)F)c(S(=O)(=O)Cl)c1C(F)F. The summed E-state index contributed by atoms with van der Waals surface area (Å²) in [5.74, 6) is 0. The summed E-state index contributed by atoms with van der Waals surface area (Å²) in [4.78, 5) is 1.41. The summed E-state index contributed by atoms with van der Waals surface area (Å²) in [6, 6.07) is 0. The van der Waals surface area contributed by atoms with E-state index in [1.165, 1.54) is 0 Å². The lowest BCUT2D eigenvalue weighted by Crippen LogP contribution is -2.17. The van der Waals surface area contributed by atoms with Crippen molar-refractivity contribution in [2.45, 2.75) is 24.0 Å². The van der Waals surface area contributed by atoms with Crippen molar-refractivity contribution in [1.82, 2.24) is 4.98 Å². The van der Waals surface area contributed by atoms with Gasteiger partial charge in [0.25, 0.3) is 15.5 Å². The topological polar surface area (TPSA) is 73.0 Å². The summed E-state index contributed by atoms with van der Waals surface area (Å²) in [5.41, 5.74) is 1.10. The lowest BCUT2D eigenvalue weighted by molar-refractivity contribution is -0.140. The molecule has 0 aliphatic heterocycles. The second-order valence-electron chi connectivity index (χ2n) is 3.30. The maximum atomic E-state index is 12.8. The highest BCUT2D eigenvalue weighted by Gasteiger charge is 2.41. The molecule has 1 heterocycles. The Morgan fingerprint density at radius 1 is 1.37 bits per heavy atom. The van der Waals surface area contributed by atoms with E-state index in [0.29, 0.717) is 0 Å². The lowest BCUT2D eigenvalue weighted by atomic mass is 10.1. The number of aromatic nitrogens is 1. The van der Waals surface area contributed by atoms with E-state index in [9.17, 15) is 30.4 Å². The molecule has 0 amide bonds. The van der Waals surface area contributed by atoms with Crippen molar-refractivity contribution >= 4 is 19.7 Å². The fraction of sp³-hybridized carbons (Fsp3) is 0.375. The molecule has 0 radical (unpaired) electrons. The van der Waals surface area contributed by atoms with Crippen molar-refractivity contribution in [3.8, 4) is 0 Å². The molecule has 4 nitrogen and oxygen atoms in total. The highest BCUT2D eigenvalue weighted by atomic mass is 35.7. The predicted molar refractivity (Wildman–Crippen MR) is 55.1 cm³/mol. The Morgan fingerprint density at radius 3 is 2.21 bits per heavy atom. The third kappa shape index (κ3) is 3.31. The molecule has 0 fully saturated rings. The van der Waals surface area contributed by atoms with E-state index in [1.54, 1.807) is 0 Å². The van der Waals surface area contributed by atoms with Gasteiger partial charge in [-0.25, -0.2) is 17.2 Å². The van der Waals surface area contributed by atoms with Crippen LogP contribution < -0.4 is 5.73 Å². The van der Waals surface area contributed by atoms with E-state index in [4.69, 9.17) is 16.4 Å². The summed E-state index contributed by atoms with van der Waals surface area (Å²) >= 11 is 0. The minimum absolute atomic E-state index is 0.114. The molecule has 1 aromatic heterocycles. The van der Waals surface area contributed by atoms with Gasteiger partial charge in [0, 0.05) is 23.4 Å². The number of alkyl halides is 5. The van der Waals surface area contributed by atoms with Crippen LogP contribution in [0.2, 0.25) is 0 Å². The molecule has 2 N–H and O–H groups in total. The van der Waals surface area contributed by atoms with Crippen LogP contribution in [-0.2, 0) is 21.8 Å². The molecule has 108 valence electrons. The van der Waals surface area contributed by atoms with Gasteiger partial charge in [-0.3, -0.25) is 4.98 Å². The molecule has 0 unspecified atom stereocenters. The molecule has 0 saturated heterocycles. The minimum Gasteiger partial charge on any atom is -0.325 e. The Kier molecular flexibility index (Phi) is 4.37. The first kappa shape index (κ1) is 16.1. The Balaban J connectivity index is 3.86. The first-order chi connectivity index (χ1) is 8.50. The number of hydrogen-bond donors (Lipinski definition) is 1. The fourth-order valence-electron chi connectivity index (χ4n) is 1.40. The van der Waals surface area contributed by atoms with Gasteiger partial charge in [-0.1, -0.05) is 0 Å². The molecule has 1 aromatic rings. The van der Waals surface area contributed by atoms with Gasteiger partial charge >= 0.3 is 6.18 Å². The van der Waals surface area contributed by atoms with Crippen molar-refractivity contribution in [3.05, 3.63) is 23.0 Å². The molecular formula is C8H6ClF5N2O2S. The third-order valence-electron chi connectivity index (χ3n) is 2.11. The lowest BCUT2D eigenvalue weighted by Gasteiger charge is -2.16. The van der Waals surface area contributed by atoms with Crippen LogP contribution in [0, 0.1) is 0 Å². The molecule has 0 spiro atoms. The highest BCUT2D eigenvalue weighted by Crippen LogP contribution is 2.40. The average Bonchev–Trinajstić information content (AvgIpc) is 2.24. The van der Waals surface area contributed by atoms with Crippen molar-refractivity contribution in [2.75, 3.05) is 0 Å². The Labute approximate surface area is 108 Å². The first-order valence-corrected chi connectivity index (χ1v) is 6.83. The van der Waals surface area contributed by atoms with E-state index < -0.39 is 49.9 Å². The van der Waals surface area contributed by atoms with Crippen molar-refractivity contribution in [2.24, 2.45) is 5.73 Å². The van der Waals surface area contributed by atoms with Crippen LogP contribution in [0.3, 0.4) is 0 Å². The van der Waals surface area contributed by atoms with Gasteiger partial charge in [0.15, 0.2) is 0 Å². The maximum absolute atomic E-state index is 12.8. The highest BCUT2D eigenvalue weighted by molar-refractivity contribution is 8.13.